The summed E-state index contributed by atoms with van der Waals surface area (Å²) in [5.41, 5.74) is 3.28. The molecule has 6 nitrogen and oxygen atoms in total. The molecule has 0 saturated carbocycles. The Morgan fingerprint density at radius 1 is 1.29 bits per heavy atom. The molecule has 146 valence electrons. The fourth-order valence-electron chi connectivity index (χ4n) is 2.67. The van der Waals surface area contributed by atoms with Gasteiger partial charge in [-0.3, -0.25) is 9.19 Å². The summed E-state index contributed by atoms with van der Waals surface area (Å²) in [6.45, 7) is 6.59. The maximum Gasteiger partial charge on any atom is 1.00 e. The van der Waals surface area contributed by atoms with Gasteiger partial charge in [-0.1, -0.05) is 25.5 Å². The fourth-order valence-corrected chi connectivity index (χ4v) is 3.77. The van der Waals surface area contributed by atoms with Crippen molar-refractivity contribution in [2.45, 2.75) is 50.8 Å². The number of rotatable bonds is 9. The van der Waals surface area contributed by atoms with E-state index in [1.54, 1.807) is 6.20 Å². The number of ether oxygens (including phenoxy) is 2. The summed E-state index contributed by atoms with van der Waals surface area (Å²) in [6, 6.07) is 9.45. The molecule has 0 aliphatic carbocycles. The molecule has 0 aliphatic heterocycles. The van der Waals surface area contributed by atoms with Crippen molar-refractivity contribution in [2.75, 3.05) is 6.61 Å². The monoisotopic (exact) mass is 411 g/mol. The van der Waals surface area contributed by atoms with Crippen LogP contribution in [0.15, 0.2) is 41.7 Å². The number of pyridine rings is 1. The Morgan fingerprint density at radius 2 is 2.07 bits per heavy atom. The second-order valence-electron chi connectivity index (χ2n) is 6.34. The van der Waals surface area contributed by atoms with E-state index in [0.717, 1.165) is 35.1 Å². The first-order chi connectivity index (χ1) is 13.1. The minimum Gasteiger partial charge on any atom is -1.00 e. The first-order valence-electron chi connectivity index (χ1n) is 9.14. The van der Waals surface area contributed by atoms with E-state index in [2.05, 4.69) is 21.9 Å². The zero-order chi connectivity index (χ0) is 19.2. The maximum atomic E-state index is 12.8. The second-order valence-corrected chi connectivity index (χ2v) is 7.71. The van der Waals surface area contributed by atoms with Crippen molar-refractivity contribution in [3.63, 3.8) is 0 Å². The Kier molecular flexibility index (Phi) is 9.11. The fraction of sp³-hybridized carbons (Fsp3) is 0.400. The number of unbranched alkanes of at least 4 members (excludes halogenated alkanes) is 1. The van der Waals surface area contributed by atoms with Gasteiger partial charge in [0.25, 0.3) is 0 Å². The van der Waals surface area contributed by atoms with Crippen LogP contribution in [0.5, 0.6) is 5.75 Å². The Hall–Kier alpha value is -1.25. The van der Waals surface area contributed by atoms with Crippen LogP contribution in [0.1, 0.15) is 39.4 Å². The van der Waals surface area contributed by atoms with Crippen molar-refractivity contribution in [3.05, 3.63) is 47.8 Å². The molecule has 0 fully saturated rings. The Bertz CT molecular complexity index is 905. The third-order valence-corrected chi connectivity index (χ3v) is 5.41. The molecule has 2 atom stereocenters. The van der Waals surface area contributed by atoms with Crippen molar-refractivity contribution in [1.82, 2.24) is 15.0 Å². The van der Waals surface area contributed by atoms with Gasteiger partial charge in [0.05, 0.1) is 39.9 Å². The van der Waals surface area contributed by atoms with Crippen LogP contribution in [-0.4, -0.2) is 32.1 Å². The Morgan fingerprint density at radius 3 is 2.82 bits per heavy atom. The average Bonchev–Trinajstić information content (AvgIpc) is 3.09. The van der Waals surface area contributed by atoms with Gasteiger partial charge in [0, 0.05) is 11.8 Å². The summed E-state index contributed by atoms with van der Waals surface area (Å²) in [6.07, 6.45) is 3.42. The number of imidazole rings is 1. The van der Waals surface area contributed by atoms with Crippen LogP contribution < -0.4 is 34.3 Å². The number of fused-ring (bicyclic) bond motifs is 1. The first-order valence-corrected chi connectivity index (χ1v) is 10.5. The van der Waals surface area contributed by atoms with Crippen LogP contribution in [0.2, 0.25) is 0 Å². The molecule has 3 rings (SSSR count). The van der Waals surface area contributed by atoms with Gasteiger partial charge in [-0.25, -0.2) is 4.98 Å². The van der Waals surface area contributed by atoms with E-state index < -0.39 is 10.8 Å². The number of aromatic nitrogens is 3. The summed E-state index contributed by atoms with van der Waals surface area (Å²) in [7, 11) is -1.32. The van der Waals surface area contributed by atoms with Crippen LogP contribution in [0.4, 0.5) is 0 Å². The quantitative estimate of drug-likeness (QED) is 0.326. The molecule has 0 radical (unpaired) electrons. The molecule has 28 heavy (non-hydrogen) atoms. The summed E-state index contributed by atoms with van der Waals surface area (Å²) in [5, 5.41) is 0.458. The topological polar surface area (TPSA) is 77.1 Å². The number of aromatic amines is 1. The Balaban J connectivity index is 0.00000210. The molecule has 1 N–H and O–H groups in total. The van der Waals surface area contributed by atoms with E-state index in [4.69, 9.17) is 9.47 Å². The molecule has 0 aliphatic rings. The SMILES string of the molecule is CCCCOC(C)Oc1ccnc(CS(=O)c2nc3ccccc3[nH]2)c1C.[H-].[Na+]. The van der Waals surface area contributed by atoms with Crippen LogP contribution in [-0.2, 0) is 21.3 Å². The van der Waals surface area contributed by atoms with Crippen molar-refractivity contribution in [1.29, 1.82) is 0 Å². The molecule has 0 saturated heterocycles. The molecular weight excluding hydrogens is 385 g/mol. The number of para-hydroxylation sites is 2. The summed E-state index contributed by atoms with van der Waals surface area (Å²) in [5.74, 6) is 0.971. The van der Waals surface area contributed by atoms with E-state index in [9.17, 15) is 4.21 Å². The molecule has 3 aromatic rings. The number of hydrogen-bond donors (Lipinski definition) is 1. The largest absolute Gasteiger partial charge is 1.00 e. The normalized spacial score (nSPS) is 13.1. The van der Waals surface area contributed by atoms with Gasteiger partial charge < -0.3 is 15.9 Å². The summed E-state index contributed by atoms with van der Waals surface area (Å²) < 4.78 is 24.3. The Labute approximate surface area is 191 Å². The van der Waals surface area contributed by atoms with Gasteiger partial charge in [-0.15, -0.1) is 0 Å². The van der Waals surface area contributed by atoms with Crippen molar-refractivity contribution in [2.24, 2.45) is 0 Å². The number of H-pyrrole nitrogens is 1. The number of nitrogens with one attached hydrogen (secondary N) is 1. The second kappa shape index (κ2) is 11.1. The van der Waals surface area contributed by atoms with Gasteiger partial charge in [-0.2, -0.15) is 0 Å². The summed E-state index contributed by atoms with van der Waals surface area (Å²) in [4.78, 5) is 11.9. The number of benzene rings is 1. The van der Waals surface area contributed by atoms with Crippen molar-refractivity contribution < 1.29 is 44.7 Å². The van der Waals surface area contributed by atoms with Crippen LogP contribution >= 0.6 is 0 Å². The number of hydrogen-bond acceptors (Lipinski definition) is 5. The molecule has 8 heteroatoms. The first kappa shape index (κ1) is 23.0. The van der Waals surface area contributed by atoms with E-state index in [0.29, 0.717) is 17.5 Å². The van der Waals surface area contributed by atoms with Crippen molar-refractivity contribution >= 4 is 21.8 Å². The zero-order valence-corrected chi connectivity index (χ0v) is 19.7. The van der Waals surface area contributed by atoms with Gasteiger partial charge in [0.2, 0.25) is 0 Å². The predicted octanol–water partition coefficient (Wildman–Crippen LogP) is 1.23. The van der Waals surface area contributed by atoms with Crippen LogP contribution in [0.25, 0.3) is 11.0 Å². The molecule has 2 unspecified atom stereocenters. The smallest absolute Gasteiger partial charge is 1.00 e. The third-order valence-electron chi connectivity index (χ3n) is 4.25. The molecule has 0 amide bonds. The van der Waals surface area contributed by atoms with Gasteiger partial charge in [-0.05, 0) is 38.5 Å². The minimum atomic E-state index is -1.32. The van der Waals surface area contributed by atoms with E-state index >= 15 is 0 Å². The molecule has 2 aromatic heterocycles. The summed E-state index contributed by atoms with van der Waals surface area (Å²) >= 11 is 0. The standard InChI is InChI=1S/C20H25N3O3S.Na.H/c1-4-5-12-25-15(3)26-19-10-11-21-18(14(19)2)13-27(24)20-22-16-8-6-7-9-17(16)23-20;;/h6-11,15H,4-5,12-13H2,1-3H3,(H,22,23);;/q;+1;-1. The van der Waals surface area contributed by atoms with Gasteiger partial charge in [0.1, 0.15) is 5.75 Å². The predicted molar refractivity (Wildman–Crippen MR) is 107 cm³/mol. The molecule has 0 spiro atoms. The van der Waals surface area contributed by atoms with E-state index in [-0.39, 0.29) is 43.0 Å². The molecule has 0 bridgehead atoms. The molecule has 2 heterocycles. The van der Waals surface area contributed by atoms with Crippen molar-refractivity contribution in [3.8, 4) is 5.75 Å². The molecular formula is C20H26N3NaO3S. The average molecular weight is 412 g/mol. The number of nitrogens with zero attached hydrogens (tertiary/aromatic N) is 2. The van der Waals surface area contributed by atoms with Crippen LogP contribution in [0.3, 0.4) is 0 Å². The molecule has 1 aromatic carbocycles. The van der Waals surface area contributed by atoms with Gasteiger partial charge >= 0.3 is 29.6 Å². The zero-order valence-electron chi connectivity index (χ0n) is 17.9. The minimum absolute atomic E-state index is 0. The maximum absolute atomic E-state index is 12.8. The van der Waals surface area contributed by atoms with E-state index in [1.807, 2.05) is 44.2 Å². The van der Waals surface area contributed by atoms with E-state index in [1.165, 1.54) is 0 Å². The van der Waals surface area contributed by atoms with Gasteiger partial charge in [0.15, 0.2) is 11.4 Å². The third kappa shape index (κ3) is 5.87. The van der Waals surface area contributed by atoms with Crippen LogP contribution in [0, 0.1) is 6.92 Å².